The highest BCUT2D eigenvalue weighted by atomic mass is 16.6. The highest BCUT2D eigenvalue weighted by Gasteiger charge is 2.34. The fraction of sp³-hybridized carbons (Fsp3) is 0.381. The van der Waals surface area contributed by atoms with Gasteiger partial charge in [-0.2, -0.15) is 0 Å². The van der Waals surface area contributed by atoms with Crippen molar-refractivity contribution in [2.75, 3.05) is 23.4 Å². The molecule has 1 fully saturated rings. The van der Waals surface area contributed by atoms with Gasteiger partial charge in [-0.15, -0.1) is 0 Å². The van der Waals surface area contributed by atoms with Gasteiger partial charge in [0, 0.05) is 18.6 Å². The molecule has 0 saturated carbocycles. The van der Waals surface area contributed by atoms with E-state index in [1.165, 1.54) is 11.4 Å². The van der Waals surface area contributed by atoms with Gasteiger partial charge in [0.25, 0.3) is 0 Å². The van der Waals surface area contributed by atoms with Crippen LogP contribution in [0.2, 0.25) is 0 Å². The van der Waals surface area contributed by atoms with Crippen LogP contribution in [0, 0.1) is 0 Å². The third kappa shape index (κ3) is 3.34. The third-order valence-electron chi connectivity index (χ3n) is 5.38. The molecule has 4 rings (SSSR count). The minimum absolute atomic E-state index is 0.171. The number of ether oxygens (including phenoxy) is 1. The van der Waals surface area contributed by atoms with E-state index in [4.69, 9.17) is 4.74 Å². The molecule has 2 aromatic carbocycles. The molecule has 0 spiro atoms. The maximum Gasteiger partial charge on any atom is 0.410 e. The molecule has 0 aliphatic carbocycles. The van der Waals surface area contributed by atoms with E-state index in [9.17, 15) is 4.79 Å². The third-order valence-corrected chi connectivity index (χ3v) is 5.38. The van der Waals surface area contributed by atoms with E-state index in [0.717, 1.165) is 31.6 Å². The van der Waals surface area contributed by atoms with E-state index >= 15 is 0 Å². The van der Waals surface area contributed by atoms with E-state index in [2.05, 4.69) is 41.4 Å². The van der Waals surface area contributed by atoms with Gasteiger partial charge in [-0.05, 0) is 37.5 Å². The van der Waals surface area contributed by atoms with Crippen LogP contribution in [-0.2, 0) is 11.3 Å². The topological polar surface area (TPSA) is 44.8 Å². The van der Waals surface area contributed by atoms with Crippen molar-refractivity contribution in [2.24, 2.45) is 0 Å². The van der Waals surface area contributed by atoms with Crippen LogP contribution < -0.4 is 10.2 Å². The standard InChI is InChI=1S/C21H25N3O2/c1-16-13-18(24-15-22-19-9-5-6-10-20(19)24)11-12-23(16)21(25)26-14-17-7-3-2-4-8-17/h2-10,16,18,22H,11-15H2,1H3. The van der Waals surface area contributed by atoms with Crippen molar-refractivity contribution in [3.63, 3.8) is 0 Å². The van der Waals surface area contributed by atoms with Crippen LogP contribution in [-0.4, -0.2) is 36.3 Å². The van der Waals surface area contributed by atoms with Gasteiger partial charge in [-0.25, -0.2) is 4.79 Å². The number of likely N-dealkylation sites (tertiary alicyclic amines) is 1. The molecule has 1 amide bonds. The van der Waals surface area contributed by atoms with Crippen LogP contribution in [0.1, 0.15) is 25.3 Å². The van der Waals surface area contributed by atoms with E-state index < -0.39 is 0 Å². The van der Waals surface area contributed by atoms with Crippen LogP contribution in [0.3, 0.4) is 0 Å². The second kappa shape index (κ2) is 7.28. The molecule has 5 heteroatoms. The second-order valence-electron chi connectivity index (χ2n) is 7.08. The Morgan fingerprint density at radius 3 is 2.73 bits per heavy atom. The zero-order chi connectivity index (χ0) is 17.9. The number of amides is 1. The molecule has 26 heavy (non-hydrogen) atoms. The molecule has 1 saturated heterocycles. The maximum atomic E-state index is 12.5. The lowest BCUT2D eigenvalue weighted by atomic mass is 9.97. The van der Waals surface area contributed by atoms with E-state index in [0.29, 0.717) is 12.6 Å². The maximum absolute atomic E-state index is 12.5. The Morgan fingerprint density at radius 1 is 1.15 bits per heavy atom. The van der Waals surface area contributed by atoms with Gasteiger partial charge in [-0.1, -0.05) is 42.5 Å². The Labute approximate surface area is 154 Å². The van der Waals surface area contributed by atoms with Gasteiger partial charge in [0.1, 0.15) is 6.61 Å². The number of para-hydroxylation sites is 2. The highest BCUT2D eigenvalue weighted by Crippen LogP contribution is 2.35. The number of fused-ring (bicyclic) bond motifs is 1. The van der Waals surface area contributed by atoms with Crippen molar-refractivity contribution in [3.8, 4) is 0 Å². The highest BCUT2D eigenvalue weighted by molar-refractivity contribution is 5.75. The van der Waals surface area contributed by atoms with Gasteiger partial charge in [0.15, 0.2) is 0 Å². The Hall–Kier alpha value is -2.69. The molecule has 0 radical (unpaired) electrons. The van der Waals surface area contributed by atoms with Crippen molar-refractivity contribution < 1.29 is 9.53 Å². The van der Waals surface area contributed by atoms with Crippen molar-refractivity contribution >= 4 is 17.5 Å². The Bertz CT molecular complexity index is 765. The lowest BCUT2D eigenvalue weighted by molar-refractivity contribution is 0.0685. The fourth-order valence-corrected chi connectivity index (χ4v) is 3.96. The SMILES string of the molecule is CC1CC(N2CNc3ccccc32)CCN1C(=O)OCc1ccccc1. The quantitative estimate of drug-likeness (QED) is 0.905. The van der Waals surface area contributed by atoms with E-state index in [1.54, 1.807) is 0 Å². The van der Waals surface area contributed by atoms with Crippen LogP contribution >= 0.6 is 0 Å². The summed E-state index contributed by atoms with van der Waals surface area (Å²) in [6.45, 7) is 4.02. The average Bonchev–Trinajstić information content (AvgIpc) is 3.11. The number of nitrogens with one attached hydrogen (secondary N) is 1. The summed E-state index contributed by atoms with van der Waals surface area (Å²) in [5, 5.41) is 3.46. The first-order chi connectivity index (χ1) is 12.7. The second-order valence-corrected chi connectivity index (χ2v) is 7.08. The number of carbonyl (C=O) groups is 1. The number of hydrogen-bond donors (Lipinski definition) is 1. The number of nitrogens with zero attached hydrogens (tertiary/aromatic N) is 2. The van der Waals surface area contributed by atoms with Crippen LogP contribution in [0.25, 0.3) is 0 Å². The number of rotatable bonds is 3. The molecule has 2 heterocycles. The van der Waals surface area contributed by atoms with Crippen molar-refractivity contribution in [3.05, 3.63) is 60.2 Å². The number of benzene rings is 2. The fourth-order valence-electron chi connectivity index (χ4n) is 3.96. The summed E-state index contributed by atoms with van der Waals surface area (Å²) in [7, 11) is 0. The summed E-state index contributed by atoms with van der Waals surface area (Å²) >= 11 is 0. The molecule has 2 aromatic rings. The zero-order valence-electron chi connectivity index (χ0n) is 15.1. The number of hydrogen-bond acceptors (Lipinski definition) is 4. The first kappa shape index (κ1) is 16.8. The molecule has 2 unspecified atom stereocenters. The molecular formula is C21H25N3O2. The summed E-state index contributed by atoms with van der Waals surface area (Å²) in [5.74, 6) is 0. The lowest BCUT2D eigenvalue weighted by Gasteiger charge is -2.41. The molecule has 0 aromatic heterocycles. The van der Waals surface area contributed by atoms with Crippen molar-refractivity contribution in [1.29, 1.82) is 0 Å². The Kier molecular flexibility index (Phi) is 4.69. The number of piperidine rings is 1. The predicted molar refractivity (Wildman–Crippen MR) is 103 cm³/mol. The summed E-state index contributed by atoms with van der Waals surface area (Å²) in [6, 6.07) is 18.9. The van der Waals surface area contributed by atoms with Gasteiger partial charge in [-0.3, -0.25) is 0 Å². The van der Waals surface area contributed by atoms with Crippen LogP contribution in [0.5, 0.6) is 0 Å². The van der Waals surface area contributed by atoms with Gasteiger partial charge in [0.05, 0.1) is 18.0 Å². The molecule has 2 aliphatic rings. The lowest BCUT2D eigenvalue weighted by Crippen LogP contribution is -2.51. The molecule has 2 aliphatic heterocycles. The van der Waals surface area contributed by atoms with Crippen LogP contribution in [0.4, 0.5) is 16.2 Å². The van der Waals surface area contributed by atoms with Gasteiger partial charge in [0.2, 0.25) is 0 Å². The number of anilines is 2. The Balaban J connectivity index is 1.34. The number of carbonyl (C=O) groups excluding carboxylic acids is 1. The molecule has 2 atom stereocenters. The summed E-state index contributed by atoms with van der Waals surface area (Å²) in [5.41, 5.74) is 3.48. The minimum Gasteiger partial charge on any atom is -0.445 e. The van der Waals surface area contributed by atoms with E-state index in [1.807, 2.05) is 35.2 Å². The molecule has 136 valence electrons. The first-order valence-corrected chi connectivity index (χ1v) is 9.29. The minimum atomic E-state index is -0.209. The van der Waals surface area contributed by atoms with Crippen LogP contribution in [0.15, 0.2) is 54.6 Å². The van der Waals surface area contributed by atoms with Crippen molar-refractivity contribution in [1.82, 2.24) is 4.90 Å². The zero-order valence-corrected chi connectivity index (χ0v) is 15.1. The predicted octanol–water partition coefficient (Wildman–Crippen LogP) is 4.07. The molecule has 5 nitrogen and oxygen atoms in total. The summed E-state index contributed by atoms with van der Waals surface area (Å²) in [4.78, 5) is 16.8. The van der Waals surface area contributed by atoms with E-state index in [-0.39, 0.29) is 12.1 Å². The molecule has 1 N–H and O–H groups in total. The largest absolute Gasteiger partial charge is 0.445 e. The monoisotopic (exact) mass is 351 g/mol. The normalized spacial score (nSPS) is 21.9. The smallest absolute Gasteiger partial charge is 0.410 e. The van der Waals surface area contributed by atoms with Gasteiger partial charge < -0.3 is 19.9 Å². The van der Waals surface area contributed by atoms with Gasteiger partial charge >= 0.3 is 6.09 Å². The summed E-state index contributed by atoms with van der Waals surface area (Å²) in [6.07, 6.45) is 1.71. The average molecular weight is 351 g/mol. The molecule has 0 bridgehead atoms. The first-order valence-electron chi connectivity index (χ1n) is 9.29. The Morgan fingerprint density at radius 2 is 1.92 bits per heavy atom. The molecular weight excluding hydrogens is 326 g/mol. The summed E-state index contributed by atoms with van der Waals surface area (Å²) < 4.78 is 5.52. The van der Waals surface area contributed by atoms with Crippen molar-refractivity contribution in [2.45, 2.75) is 38.5 Å².